The molecule has 0 aliphatic carbocycles. The zero-order chi connectivity index (χ0) is 9.38. The zero-order valence-corrected chi connectivity index (χ0v) is 8.73. The molecule has 2 aromatic rings. The molecule has 0 atom stereocenters. The van der Waals surface area contributed by atoms with Crippen molar-refractivity contribution in [2.45, 2.75) is 18.8 Å². The summed E-state index contributed by atoms with van der Waals surface area (Å²) in [7, 11) is 0. The Balaban J connectivity index is 1.92. The Labute approximate surface area is 86.6 Å². The molecule has 1 aliphatic heterocycles. The lowest BCUT2D eigenvalue weighted by atomic mass is 9.99. The van der Waals surface area contributed by atoms with E-state index in [2.05, 4.69) is 21.4 Å². The summed E-state index contributed by atoms with van der Waals surface area (Å²) in [6.45, 7) is 2.27. The fourth-order valence-electron chi connectivity index (χ4n) is 2.01. The van der Waals surface area contributed by atoms with Crippen molar-refractivity contribution < 1.29 is 0 Å². The van der Waals surface area contributed by atoms with Gasteiger partial charge in [-0.1, -0.05) is 0 Å². The first-order chi connectivity index (χ1) is 6.93. The van der Waals surface area contributed by atoms with Crippen LogP contribution in [-0.2, 0) is 0 Å². The first kappa shape index (κ1) is 8.44. The number of rotatable bonds is 1. The number of hydrogen-bond donors (Lipinski definition) is 2. The predicted octanol–water partition coefficient (Wildman–Crippen LogP) is 2.09. The Morgan fingerprint density at radius 1 is 1.36 bits per heavy atom. The van der Waals surface area contributed by atoms with Gasteiger partial charge < -0.3 is 10.3 Å². The maximum absolute atomic E-state index is 4.66. The Kier molecular flexibility index (Phi) is 2.03. The molecule has 0 saturated carbocycles. The third-order valence-corrected chi connectivity index (χ3v) is 3.98. The number of nitrogens with zero attached hydrogens (tertiary/aromatic N) is 1. The van der Waals surface area contributed by atoms with Crippen molar-refractivity contribution in [2.24, 2.45) is 0 Å². The fourth-order valence-corrected chi connectivity index (χ4v) is 3.11. The third-order valence-electron chi connectivity index (χ3n) is 2.81. The molecule has 3 nitrogen and oxygen atoms in total. The van der Waals surface area contributed by atoms with Crippen LogP contribution in [0.4, 0.5) is 0 Å². The number of aromatic nitrogens is 2. The number of nitrogens with one attached hydrogen (secondary N) is 2. The summed E-state index contributed by atoms with van der Waals surface area (Å²) in [4.78, 5) is 9.10. The summed E-state index contributed by atoms with van der Waals surface area (Å²) in [5, 5.41) is 4.69. The smallest absolute Gasteiger partial charge is 0.120 e. The van der Waals surface area contributed by atoms with E-state index in [1.807, 2.05) is 17.5 Å². The van der Waals surface area contributed by atoms with Crippen molar-refractivity contribution in [2.75, 3.05) is 13.1 Å². The van der Waals surface area contributed by atoms with E-state index in [0.29, 0.717) is 5.92 Å². The molecule has 3 rings (SSSR count). The van der Waals surface area contributed by atoms with E-state index in [1.54, 1.807) is 0 Å². The number of thiazole rings is 1. The van der Waals surface area contributed by atoms with E-state index in [1.165, 1.54) is 22.7 Å². The Bertz CT molecular complexity index is 397. The summed E-state index contributed by atoms with van der Waals surface area (Å²) in [6.07, 6.45) is 4.42. The molecular formula is C10H13N3S. The number of fused-ring (bicyclic) bond motifs is 1. The SMILES string of the molecule is c1cc2nc(C3CCNCC3)sc2[nH]1. The highest BCUT2D eigenvalue weighted by atomic mass is 32.1. The maximum Gasteiger partial charge on any atom is 0.120 e. The lowest BCUT2D eigenvalue weighted by Crippen LogP contribution is -2.26. The molecule has 0 aromatic carbocycles. The van der Waals surface area contributed by atoms with Crippen molar-refractivity contribution in [3.8, 4) is 0 Å². The highest BCUT2D eigenvalue weighted by Gasteiger charge is 2.18. The molecule has 0 unspecified atom stereocenters. The Morgan fingerprint density at radius 3 is 3.00 bits per heavy atom. The second-order valence-electron chi connectivity index (χ2n) is 3.77. The van der Waals surface area contributed by atoms with Crippen LogP contribution in [0.3, 0.4) is 0 Å². The van der Waals surface area contributed by atoms with Crippen molar-refractivity contribution in [1.29, 1.82) is 0 Å². The lowest BCUT2D eigenvalue weighted by molar-refractivity contribution is 0.459. The summed E-state index contributed by atoms with van der Waals surface area (Å²) in [5.74, 6) is 0.682. The average molecular weight is 207 g/mol. The summed E-state index contributed by atoms with van der Waals surface area (Å²) in [5.41, 5.74) is 1.13. The predicted molar refractivity (Wildman–Crippen MR) is 58.8 cm³/mol. The van der Waals surface area contributed by atoms with E-state index in [4.69, 9.17) is 0 Å². The Hall–Kier alpha value is -0.870. The van der Waals surface area contributed by atoms with E-state index < -0.39 is 0 Å². The van der Waals surface area contributed by atoms with Crippen LogP contribution in [0.15, 0.2) is 12.3 Å². The quantitative estimate of drug-likeness (QED) is 0.751. The van der Waals surface area contributed by atoms with E-state index in [0.717, 1.165) is 18.6 Å². The van der Waals surface area contributed by atoms with Crippen LogP contribution in [0.1, 0.15) is 23.8 Å². The van der Waals surface area contributed by atoms with Crippen LogP contribution in [0.2, 0.25) is 0 Å². The van der Waals surface area contributed by atoms with Gasteiger partial charge in [0, 0.05) is 12.1 Å². The van der Waals surface area contributed by atoms with E-state index in [-0.39, 0.29) is 0 Å². The Morgan fingerprint density at radius 2 is 2.21 bits per heavy atom. The van der Waals surface area contributed by atoms with Gasteiger partial charge in [0.15, 0.2) is 0 Å². The molecule has 1 aliphatic rings. The topological polar surface area (TPSA) is 40.7 Å². The van der Waals surface area contributed by atoms with Gasteiger partial charge in [0.1, 0.15) is 4.83 Å². The minimum Gasteiger partial charge on any atom is -0.352 e. The van der Waals surface area contributed by atoms with Gasteiger partial charge in [-0.3, -0.25) is 0 Å². The molecule has 0 amide bonds. The number of H-pyrrole nitrogens is 1. The molecule has 3 heterocycles. The van der Waals surface area contributed by atoms with Gasteiger partial charge in [-0.2, -0.15) is 0 Å². The first-order valence-electron chi connectivity index (χ1n) is 5.08. The first-order valence-corrected chi connectivity index (χ1v) is 5.89. The maximum atomic E-state index is 4.66. The van der Waals surface area contributed by atoms with Gasteiger partial charge in [-0.05, 0) is 32.0 Å². The minimum atomic E-state index is 0.682. The lowest BCUT2D eigenvalue weighted by Gasteiger charge is -2.20. The van der Waals surface area contributed by atoms with Crippen LogP contribution in [-0.4, -0.2) is 23.1 Å². The standard InChI is InChI=1S/C10H13N3S/c1-4-11-5-2-7(1)9-13-8-3-6-12-10(8)14-9/h3,6-7,11-12H,1-2,4-5H2. The molecule has 0 radical (unpaired) electrons. The molecule has 1 saturated heterocycles. The largest absolute Gasteiger partial charge is 0.352 e. The number of aromatic amines is 1. The van der Waals surface area contributed by atoms with Crippen molar-refractivity contribution in [1.82, 2.24) is 15.3 Å². The molecule has 4 heteroatoms. The van der Waals surface area contributed by atoms with E-state index in [9.17, 15) is 0 Å². The van der Waals surface area contributed by atoms with Gasteiger partial charge >= 0.3 is 0 Å². The van der Waals surface area contributed by atoms with E-state index >= 15 is 0 Å². The molecule has 74 valence electrons. The van der Waals surface area contributed by atoms with Gasteiger partial charge in [0.2, 0.25) is 0 Å². The summed E-state index contributed by atoms with van der Waals surface area (Å²) in [6, 6.07) is 2.05. The number of hydrogen-bond acceptors (Lipinski definition) is 3. The zero-order valence-electron chi connectivity index (χ0n) is 7.92. The van der Waals surface area contributed by atoms with Gasteiger partial charge in [-0.25, -0.2) is 4.98 Å². The molecule has 1 fully saturated rings. The van der Waals surface area contributed by atoms with Gasteiger partial charge in [0.25, 0.3) is 0 Å². The number of piperidine rings is 1. The van der Waals surface area contributed by atoms with Gasteiger partial charge in [-0.15, -0.1) is 11.3 Å². The minimum absolute atomic E-state index is 0.682. The van der Waals surface area contributed by atoms with Crippen molar-refractivity contribution in [3.05, 3.63) is 17.3 Å². The molecular weight excluding hydrogens is 194 g/mol. The van der Waals surface area contributed by atoms with Crippen molar-refractivity contribution >= 4 is 21.7 Å². The third kappa shape index (κ3) is 1.35. The monoisotopic (exact) mass is 207 g/mol. The highest BCUT2D eigenvalue weighted by molar-refractivity contribution is 7.18. The van der Waals surface area contributed by atoms with Crippen LogP contribution in [0.5, 0.6) is 0 Å². The molecule has 14 heavy (non-hydrogen) atoms. The fraction of sp³-hybridized carbons (Fsp3) is 0.500. The molecule has 2 N–H and O–H groups in total. The van der Waals surface area contributed by atoms with Crippen molar-refractivity contribution in [3.63, 3.8) is 0 Å². The highest BCUT2D eigenvalue weighted by Crippen LogP contribution is 2.31. The van der Waals surface area contributed by atoms with Crippen LogP contribution in [0, 0.1) is 0 Å². The molecule has 2 aromatic heterocycles. The second-order valence-corrected chi connectivity index (χ2v) is 4.80. The van der Waals surface area contributed by atoms with Crippen LogP contribution in [0.25, 0.3) is 10.3 Å². The van der Waals surface area contributed by atoms with Crippen LogP contribution >= 0.6 is 11.3 Å². The summed E-state index contributed by atoms with van der Waals surface area (Å²) >= 11 is 1.82. The molecule has 0 bridgehead atoms. The summed E-state index contributed by atoms with van der Waals surface area (Å²) < 4.78 is 0. The normalized spacial score (nSPS) is 19.1. The molecule has 0 spiro atoms. The second kappa shape index (κ2) is 3.37. The van der Waals surface area contributed by atoms with Gasteiger partial charge in [0.05, 0.1) is 10.5 Å². The van der Waals surface area contributed by atoms with Crippen LogP contribution < -0.4 is 5.32 Å². The average Bonchev–Trinajstić information content (AvgIpc) is 2.78.